The van der Waals surface area contributed by atoms with Crippen molar-refractivity contribution in [2.75, 3.05) is 11.4 Å². The zero-order valence-corrected chi connectivity index (χ0v) is 11.2. The number of nitrogens with zero attached hydrogens (tertiary/aromatic N) is 1. The van der Waals surface area contributed by atoms with Crippen LogP contribution in [0.25, 0.3) is 0 Å². The maximum atomic E-state index is 6.32. The van der Waals surface area contributed by atoms with Crippen LogP contribution in [0.2, 0.25) is 0 Å². The van der Waals surface area contributed by atoms with Crippen LogP contribution >= 0.6 is 0 Å². The molecule has 0 bridgehead atoms. The van der Waals surface area contributed by atoms with E-state index in [9.17, 15) is 0 Å². The van der Waals surface area contributed by atoms with Gasteiger partial charge >= 0.3 is 0 Å². The molecule has 0 fully saturated rings. The van der Waals surface area contributed by atoms with Crippen LogP contribution in [-0.4, -0.2) is 18.1 Å². The highest BCUT2D eigenvalue weighted by atomic mass is 15.2. The number of benzene rings is 1. The second-order valence-corrected chi connectivity index (χ2v) is 5.65. The quantitative estimate of drug-likeness (QED) is 0.868. The second kappa shape index (κ2) is 4.69. The van der Waals surface area contributed by atoms with Gasteiger partial charge in [-0.2, -0.15) is 0 Å². The fourth-order valence-electron chi connectivity index (χ4n) is 2.50. The summed E-state index contributed by atoms with van der Waals surface area (Å²) in [5.74, 6) is 0. The van der Waals surface area contributed by atoms with Gasteiger partial charge in [0.25, 0.3) is 0 Å². The van der Waals surface area contributed by atoms with E-state index in [0.717, 1.165) is 13.0 Å². The Kier molecular flexibility index (Phi) is 3.43. The van der Waals surface area contributed by atoms with Crippen molar-refractivity contribution in [1.29, 1.82) is 0 Å². The highest BCUT2D eigenvalue weighted by Crippen LogP contribution is 2.31. The van der Waals surface area contributed by atoms with Crippen LogP contribution in [-0.2, 0) is 6.42 Å². The molecule has 94 valence electrons. The molecule has 2 atom stereocenters. The first-order chi connectivity index (χ1) is 8.03. The number of hydrogen-bond acceptors (Lipinski definition) is 2. The van der Waals surface area contributed by atoms with E-state index in [1.165, 1.54) is 24.1 Å². The summed E-state index contributed by atoms with van der Waals surface area (Å²) >= 11 is 0. The molecule has 0 aromatic heterocycles. The predicted molar refractivity (Wildman–Crippen MR) is 74.5 cm³/mol. The first kappa shape index (κ1) is 12.4. The summed E-state index contributed by atoms with van der Waals surface area (Å²) in [4.78, 5) is 2.49. The minimum absolute atomic E-state index is 0.0985. The molecule has 2 rings (SSSR count). The lowest BCUT2D eigenvalue weighted by Gasteiger charge is -2.41. The summed E-state index contributed by atoms with van der Waals surface area (Å²) in [6, 6.07) is 9.34. The molecule has 0 aliphatic carbocycles. The summed E-state index contributed by atoms with van der Waals surface area (Å²) in [7, 11) is 0. The Morgan fingerprint density at radius 3 is 2.82 bits per heavy atom. The van der Waals surface area contributed by atoms with Crippen molar-refractivity contribution in [3.05, 3.63) is 29.8 Å². The van der Waals surface area contributed by atoms with E-state index in [1.54, 1.807) is 0 Å². The zero-order valence-electron chi connectivity index (χ0n) is 11.2. The van der Waals surface area contributed by atoms with Gasteiger partial charge in [0.05, 0.1) is 0 Å². The average molecular weight is 232 g/mol. The smallest absolute Gasteiger partial charge is 0.0401 e. The zero-order chi connectivity index (χ0) is 12.5. The van der Waals surface area contributed by atoms with E-state index >= 15 is 0 Å². The summed E-state index contributed by atoms with van der Waals surface area (Å²) in [6.07, 6.45) is 3.44. The number of anilines is 1. The highest BCUT2D eigenvalue weighted by Gasteiger charge is 2.27. The van der Waals surface area contributed by atoms with Gasteiger partial charge in [-0.15, -0.1) is 0 Å². The Labute approximate surface area is 105 Å². The summed E-state index contributed by atoms with van der Waals surface area (Å²) in [5.41, 5.74) is 9.08. The number of nitrogens with two attached hydrogens (primary N) is 1. The lowest BCUT2D eigenvalue weighted by molar-refractivity contribution is 0.416. The van der Waals surface area contributed by atoms with Gasteiger partial charge in [0.2, 0.25) is 0 Å². The Hall–Kier alpha value is -1.02. The summed E-state index contributed by atoms with van der Waals surface area (Å²) in [5, 5.41) is 0. The SMILES string of the molecule is CCC(C)(N)CN1c2ccccc2CCC1C. The Morgan fingerprint density at radius 2 is 2.12 bits per heavy atom. The molecular formula is C15H24N2. The third-order valence-corrected chi connectivity index (χ3v) is 4.00. The molecule has 17 heavy (non-hydrogen) atoms. The number of rotatable bonds is 3. The molecule has 2 heteroatoms. The minimum atomic E-state index is -0.0985. The molecule has 1 aromatic carbocycles. The summed E-state index contributed by atoms with van der Waals surface area (Å²) in [6.45, 7) is 7.57. The number of para-hydroxylation sites is 1. The van der Waals surface area contributed by atoms with Gasteiger partial charge in [-0.05, 0) is 44.7 Å². The number of fused-ring (bicyclic) bond motifs is 1. The number of hydrogen-bond donors (Lipinski definition) is 1. The first-order valence-electron chi connectivity index (χ1n) is 6.67. The van der Waals surface area contributed by atoms with E-state index in [2.05, 4.69) is 49.9 Å². The molecule has 0 radical (unpaired) electrons. The normalized spacial score (nSPS) is 23.1. The Balaban J connectivity index is 2.27. The fraction of sp³-hybridized carbons (Fsp3) is 0.600. The molecule has 0 amide bonds. The highest BCUT2D eigenvalue weighted by molar-refractivity contribution is 5.56. The van der Waals surface area contributed by atoms with Crippen LogP contribution in [0.15, 0.2) is 24.3 Å². The van der Waals surface area contributed by atoms with Gasteiger partial charge in [0, 0.05) is 23.8 Å². The molecule has 1 aliphatic rings. The largest absolute Gasteiger partial charge is 0.367 e. The van der Waals surface area contributed by atoms with Crippen molar-refractivity contribution < 1.29 is 0 Å². The third kappa shape index (κ3) is 2.63. The molecule has 2 N–H and O–H groups in total. The van der Waals surface area contributed by atoms with E-state index < -0.39 is 0 Å². The molecular weight excluding hydrogens is 208 g/mol. The van der Waals surface area contributed by atoms with Gasteiger partial charge in [0.15, 0.2) is 0 Å². The van der Waals surface area contributed by atoms with E-state index in [4.69, 9.17) is 5.73 Å². The van der Waals surface area contributed by atoms with Gasteiger partial charge in [-0.25, -0.2) is 0 Å². The molecule has 0 saturated carbocycles. The van der Waals surface area contributed by atoms with Gasteiger partial charge in [-0.3, -0.25) is 0 Å². The molecule has 2 nitrogen and oxygen atoms in total. The van der Waals surface area contributed by atoms with Crippen molar-refractivity contribution in [3.63, 3.8) is 0 Å². The van der Waals surface area contributed by atoms with Gasteiger partial charge in [0.1, 0.15) is 0 Å². The lowest BCUT2D eigenvalue weighted by atomic mass is 9.92. The molecule has 0 spiro atoms. The third-order valence-electron chi connectivity index (χ3n) is 4.00. The van der Waals surface area contributed by atoms with Crippen LogP contribution < -0.4 is 10.6 Å². The van der Waals surface area contributed by atoms with E-state index in [-0.39, 0.29) is 5.54 Å². The second-order valence-electron chi connectivity index (χ2n) is 5.65. The van der Waals surface area contributed by atoms with Crippen LogP contribution in [0.5, 0.6) is 0 Å². The molecule has 2 unspecified atom stereocenters. The van der Waals surface area contributed by atoms with Crippen molar-refractivity contribution in [3.8, 4) is 0 Å². The molecule has 0 saturated heterocycles. The fourth-order valence-corrected chi connectivity index (χ4v) is 2.50. The minimum Gasteiger partial charge on any atom is -0.367 e. The van der Waals surface area contributed by atoms with Crippen LogP contribution in [0, 0.1) is 0 Å². The van der Waals surface area contributed by atoms with Crippen LogP contribution in [0.4, 0.5) is 5.69 Å². The number of aryl methyl sites for hydroxylation is 1. The topological polar surface area (TPSA) is 29.3 Å². The van der Waals surface area contributed by atoms with Crippen molar-refractivity contribution in [2.45, 2.75) is 51.6 Å². The Bertz CT molecular complexity index is 384. The lowest BCUT2D eigenvalue weighted by Crippen LogP contribution is -2.51. The molecule has 1 aromatic rings. The van der Waals surface area contributed by atoms with Crippen molar-refractivity contribution in [2.24, 2.45) is 5.73 Å². The predicted octanol–water partition coefficient (Wildman–Crippen LogP) is 2.96. The average Bonchev–Trinajstić information content (AvgIpc) is 2.33. The first-order valence-corrected chi connectivity index (χ1v) is 6.67. The van der Waals surface area contributed by atoms with Gasteiger partial charge < -0.3 is 10.6 Å². The Morgan fingerprint density at radius 1 is 1.41 bits per heavy atom. The van der Waals surface area contributed by atoms with Crippen LogP contribution in [0.3, 0.4) is 0 Å². The molecule has 1 heterocycles. The van der Waals surface area contributed by atoms with Crippen molar-refractivity contribution >= 4 is 5.69 Å². The standard InChI is InChI=1S/C15H24N2/c1-4-15(3,16)11-17-12(2)9-10-13-7-5-6-8-14(13)17/h5-8,12H,4,9-11,16H2,1-3H3. The van der Waals surface area contributed by atoms with E-state index in [1.807, 2.05) is 0 Å². The summed E-state index contributed by atoms with van der Waals surface area (Å²) < 4.78 is 0. The monoisotopic (exact) mass is 232 g/mol. The maximum Gasteiger partial charge on any atom is 0.0401 e. The maximum absolute atomic E-state index is 6.32. The van der Waals surface area contributed by atoms with Crippen molar-refractivity contribution in [1.82, 2.24) is 0 Å². The van der Waals surface area contributed by atoms with Crippen LogP contribution in [0.1, 0.15) is 39.2 Å². The van der Waals surface area contributed by atoms with E-state index in [0.29, 0.717) is 6.04 Å². The van der Waals surface area contributed by atoms with Gasteiger partial charge in [-0.1, -0.05) is 25.1 Å². The molecule has 1 aliphatic heterocycles.